The van der Waals surface area contributed by atoms with Crippen LogP contribution in [0.25, 0.3) is 264 Å². The molecule has 27 aromatic rings. The third-order valence-corrected chi connectivity index (χ3v) is 21.8. The summed E-state index contributed by atoms with van der Waals surface area (Å²) in [6.45, 7) is 0. The molecule has 0 heterocycles. The zero-order chi connectivity index (χ0) is 179. The normalized spacial score (nSPS) is 20.7. The molecule has 0 saturated carbocycles. The number of hydrogen-bond donors (Lipinski definition) is 0. The average Bonchev–Trinajstić information content (AvgIpc) is 0.679. The Morgan fingerprint density at radius 2 is 0.271 bits per heavy atom. The molecule has 0 atom stereocenters. The van der Waals surface area contributed by atoms with Crippen molar-refractivity contribution < 1.29 is 132 Å². The molecule has 0 bridgehead atoms. The maximum absolute atomic E-state index is 10.3. The molecule has 0 aliphatic heterocycles. The van der Waals surface area contributed by atoms with Gasteiger partial charge in [-0.05, 0) is 348 Å². The Morgan fingerprint density at radius 1 is 0.0833 bits per heavy atom. The van der Waals surface area contributed by atoms with E-state index in [4.69, 9.17) is 86.4 Å². The van der Waals surface area contributed by atoms with Crippen molar-refractivity contribution in [3.63, 3.8) is 0 Å². The highest BCUT2D eigenvalue weighted by molar-refractivity contribution is 6.26. The molecule has 0 aromatic heterocycles. The Balaban J connectivity index is 0.000000168. The fourth-order valence-corrected chi connectivity index (χ4v) is 15.8. The van der Waals surface area contributed by atoms with Gasteiger partial charge in [0.25, 0.3) is 0 Å². The Kier molecular flexibility index (Phi) is 8.62. The predicted molar refractivity (Wildman–Crippen MR) is 618 cm³/mol. The standard InChI is InChI=1S/3C48H32/c1-4-15-33(16-5-1)38-29-39(34-17-6-2-7-18-34)31-40(30-38)48-44-25-13-12-24-43(44)47(36-20-8-3-9-21-36)45-28-27-37(32-46(45)48)42-26-14-22-35-19-10-11-23-41(35)42;1-4-14-33(15-5-1)40-29-41(34-16-6-2-7-17-34)31-42(30-40)48-44-23-13-12-22-43(44)47(36-19-8-3-9-20-36)46-32-39(26-27-45(46)48)38-25-24-35-18-10-11-21-37(35)28-38;1-4-14-33(15-5-1)40-29-41(34-16-6-2-7-17-34)31-42(30-40)48-44-23-13-12-22-43(44)47(36-19-8-3-9-20-36)45-27-26-39(32-46(45)48)38-25-24-35-18-10-11-21-37(35)28-38/h3*1-32H/i3*1D,2D,3D,4D,5D,6D,7D,8D,9D,10D,11D,12D,13D,14D,15D,16D,17D,18D,19D,20D,21D,22D,23D,24D,25D,26D,27D,28D,29D,30D,31D,32D. The van der Waals surface area contributed by atoms with Gasteiger partial charge in [-0.3, -0.25) is 0 Å². The van der Waals surface area contributed by atoms with Crippen molar-refractivity contribution in [1.29, 1.82) is 0 Å². The molecule has 0 unspecified atom stereocenters. The molecule has 27 rings (SSSR count). The largest absolute Gasteiger partial charge is 0.0636 e. The van der Waals surface area contributed by atoms with Crippen molar-refractivity contribution in [2.45, 2.75) is 0 Å². The van der Waals surface area contributed by atoms with Gasteiger partial charge in [-0.1, -0.05) is 495 Å². The Hall–Kier alpha value is -18.7. The molecule has 27 aromatic carbocycles. The summed E-state index contributed by atoms with van der Waals surface area (Å²) < 4.78 is 869. The van der Waals surface area contributed by atoms with Crippen LogP contribution in [0.2, 0.25) is 0 Å². The summed E-state index contributed by atoms with van der Waals surface area (Å²) in [5.74, 6) is 0. The predicted octanol–water partition coefficient (Wildman–Crippen LogP) is 40.4. The maximum Gasteiger partial charge on any atom is 0.0636 e. The van der Waals surface area contributed by atoms with Gasteiger partial charge in [0.2, 0.25) is 0 Å². The lowest BCUT2D eigenvalue weighted by Gasteiger charge is -2.20. The van der Waals surface area contributed by atoms with E-state index in [2.05, 4.69) is 0 Å². The van der Waals surface area contributed by atoms with Crippen LogP contribution in [0.1, 0.15) is 132 Å². The molecule has 0 radical (unpaired) electrons. The van der Waals surface area contributed by atoms with Crippen LogP contribution < -0.4 is 0 Å². The van der Waals surface area contributed by atoms with Crippen LogP contribution in [0.15, 0.2) is 580 Å². The second-order valence-electron chi connectivity index (χ2n) is 30.0. The first-order valence-electron chi connectivity index (χ1n) is 90.0. The summed E-state index contributed by atoms with van der Waals surface area (Å²) in [6.07, 6.45) is 0. The first-order valence-corrected chi connectivity index (χ1v) is 42.0. The topological polar surface area (TPSA) is 0 Å². The Labute approximate surface area is 974 Å². The first-order chi connectivity index (χ1) is 111. The minimum Gasteiger partial charge on any atom is -0.0622 e. The number of fused-ring (bicyclic) bond motifs is 9. The van der Waals surface area contributed by atoms with Crippen LogP contribution in [-0.2, 0) is 0 Å². The zero-order valence-electron chi connectivity index (χ0n) is 168. The minimum absolute atomic E-state index is 0.641. The molecule has 0 saturated heterocycles. The second kappa shape index (κ2) is 38.6. The van der Waals surface area contributed by atoms with Crippen molar-refractivity contribution >= 4 is 97.0 Å². The van der Waals surface area contributed by atoms with Crippen LogP contribution >= 0.6 is 0 Å². The molecule has 0 aliphatic rings. The van der Waals surface area contributed by atoms with E-state index < -0.39 is 844 Å². The van der Waals surface area contributed by atoms with E-state index in [0.717, 1.165) is 0 Å². The van der Waals surface area contributed by atoms with Gasteiger partial charge in [-0.2, -0.15) is 0 Å². The molecule has 0 fully saturated rings. The highest BCUT2D eigenvalue weighted by Gasteiger charge is 2.25. The van der Waals surface area contributed by atoms with Crippen LogP contribution in [0.5, 0.6) is 0 Å². The summed E-state index contributed by atoms with van der Waals surface area (Å²) in [6, 6.07) is -103. The van der Waals surface area contributed by atoms with Gasteiger partial charge in [-0.25, -0.2) is 0 Å². The van der Waals surface area contributed by atoms with Crippen molar-refractivity contribution in [1.82, 2.24) is 0 Å². The number of hydrogen-bond acceptors (Lipinski definition) is 0. The highest BCUT2D eigenvalue weighted by atomic mass is 14.3. The summed E-state index contributed by atoms with van der Waals surface area (Å²) in [7, 11) is 0. The van der Waals surface area contributed by atoms with Gasteiger partial charge in [-0.15, -0.1) is 0 Å². The van der Waals surface area contributed by atoms with E-state index in [1.165, 1.54) is 0 Å². The molecule has 0 N–H and O–H groups in total. The SMILES string of the molecule is [2H]c1c([2H])c([2H])c(-c2c([2H])c(-c3c([2H])c([2H])c([2H])c([2H])c3[2H])c([2H])c(-c3c4c([2H])c([2H])c([2H])c([2H])c4c(-c4c([2H])c([2H])c([2H])c([2H])c4[2H])c4c([2H])c(-c5c([2H])c([2H])c6c([2H])c([2H])c([2H])c([2H])c6c5[2H])c([2H])c([2H])c34)c2[2H])c([2H])c1[2H].[2H]c1c([2H])c([2H])c(-c2c([2H])c(-c3c([2H])c([2H])c([2H])c([2H])c3[2H])c([2H])c(-c3c4c([2H])c([2H])c([2H])c([2H])c4c(-c4c([2H])c([2H])c([2H])c([2H])c4[2H])c4c([2H])c([2H])c(-c5c([2H])c([2H])c([2H])c6c([2H])c([2H])c([2H])c([2H])c56)c([2H])c34)c2[2H])c([2H])c1[2H].[2H]c1c([2H])c([2H])c(-c2c([2H])c(-c3c([2H])c([2H])c([2H])c([2H])c3[2H])c([2H])c(-c3c4c([2H])c([2H])c([2H])c([2H])c4c(-c4c([2H])c([2H])c([2H])c([2H])c4[2H])c4c([2H])c([2H])c(-c5c([2H])c([2H])c6c([2H])c([2H])c([2H])c([2H])c6c5[2H])c([2H])c34)c2[2H])c([2H])c1[2H]. The van der Waals surface area contributed by atoms with Crippen LogP contribution in [0.4, 0.5) is 0 Å². The average molecular weight is 1920 g/mol. The lowest BCUT2D eigenvalue weighted by molar-refractivity contribution is 1.58. The fraction of sp³-hybridized carbons (Fsp3) is 0. The number of rotatable bonds is 15. The third-order valence-electron chi connectivity index (χ3n) is 21.8. The summed E-state index contributed by atoms with van der Waals surface area (Å²) in [5, 5.41) is -15.6. The lowest BCUT2D eigenvalue weighted by Crippen LogP contribution is -1.93. The quantitative estimate of drug-likeness (QED) is 0.0898. The molecule has 0 amide bonds. The van der Waals surface area contributed by atoms with E-state index in [1.54, 1.807) is 0 Å². The van der Waals surface area contributed by atoms with Gasteiger partial charge in [0.15, 0.2) is 0 Å². The monoisotopic (exact) mass is 1920 g/mol. The van der Waals surface area contributed by atoms with E-state index in [1.807, 2.05) is 0 Å². The van der Waals surface area contributed by atoms with Gasteiger partial charge >= 0.3 is 0 Å². The molecular weight excluding hydrogens is 1730 g/mol. The smallest absolute Gasteiger partial charge is 0.0622 e. The molecule has 0 spiro atoms. The highest BCUT2D eigenvalue weighted by Crippen LogP contribution is 2.52. The fourth-order valence-electron chi connectivity index (χ4n) is 15.8. The summed E-state index contributed by atoms with van der Waals surface area (Å²) >= 11 is 0. The van der Waals surface area contributed by atoms with Gasteiger partial charge < -0.3 is 0 Å². The summed E-state index contributed by atoms with van der Waals surface area (Å²) in [4.78, 5) is 0. The van der Waals surface area contributed by atoms with Crippen LogP contribution in [0, 0.1) is 0 Å². The lowest BCUT2D eigenvalue weighted by atomic mass is 9.83. The Morgan fingerprint density at radius 3 is 0.569 bits per heavy atom. The van der Waals surface area contributed by atoms with E-state index in [-0.39, 0.29) is 0 Å². The molecule has 0 aliphatic carbocycles. The Bertz CT molecular complexity index is 15400. The first kappa shape index (κ1) is 32.2. The second-order valence-corrected chi connectivity index (χ2v) is 30.0. The van der Waals surface area contributed by atoms with Crippen molar-refractivity contribution in [3.8, 4) is 167 Å². The van der Waals surface area contributed by atoms with Crippen molar-refractivity contribution in [2.75, 3.05) is 0 Å². The zero-order valence-corrected chi connectivity index (χ0v) is 72.0. The van der Waals surface area contributed by atoms with Crippen LogP contribution in [-0.4, -0.2) is 0 Å². The van der Waals surface area contributed by atoms with Gasteiger partial charge in [0.1, 0.15) is 0 Å². The van der Waals surface area contributed by atoms with E-state index in [0.29, 0.717) is 0 Å². The van der Waals surface area contributed by atoms with Crippen molar-refractivity contribution in [2.24, 2.45) is 0 Å². The summed E-state index contributed by atoms with van der Waals surface area (Å²) in [5.41, 5.74) is -29.6. The molecule has 672 valence electrons. The number of benzene rings is 27. The van der Waals surface area contributed by atoms with Crippen molar-refractivity contribution in [3.05, 3.63) is 580 Å². The molecule has 0 nitrogen and oxygen atoms in total. The van der Waals surface area contributed by atoms with Gasteiger partial charge in [0.05, 0.1) is 132 Å². The molecular formula is C144H96. The molecule has 144 heavy (non-hydrogen) atoms. The molecule has 0 heteroatoms. The minimum atomic E-state index is -1.27. The maximum atomic E-state index is 10.3. The third kappa shape index (κ3) is 16.9. The van der Waals surface area contributed by atoms with Crippen LogP contribution in [0.3, 0.4) is 0 Å². The van der Waals surface area contributed by atoms with E-state index >= 15 is 0 Å². The van der Waals surface area contributed by atoms with Gasteiger partial charge in [0, 0.05) is 0 Å². The van der Waals surface area contributed by atoms with E-state index in [9.17, 15) is 45.2 Å².